The second-order valence-electron chi connectivity index (χ2n) is 7.72. The number of fused-ring (bicyclic) bond motifs is 1. The van der Waals surface area contributed by atoms with E-state index >= 15 is 0 Å². The van der Waals surface area contributed by atoms with Crippen LogP contribution in [0.5, 0.6) is 0 Å². The summed E-state index contributed by atoms with van der Waals surface area (Å²) in [7, 11) is -3.42. The van der Waals surface area contributed by atoms with E-state index in [0.29, 0.717) is 28.3 Å². The number of sulfone groups is 1. The molecule has 1 N–H and O–H groups in total. The van der Waals surface area contributed by atoms with Crippen LogP contribution in [0.3, 0.4) is 0 Å². The van der Waals surface area contributed by atoms with Gasteiger partial charge < -0.3 is 5.32 Å². The van der Waals surface area contributed by atoms with Gasteiger partial charge in [0.15, 0.2) is 20.5 Å². The Balaban J connectivity index is 1.55. The molecular weight excluding hydrogens is 454 g/mol. The number of hydrogen-bond donors (Lipinski definition) is 1. The Morgan fingerprint density at radius 3 is 2.53 bits per heavy atom. The first-order valence-electron chi connectivity index (χ1n) is 10.2. The summed E-state index contributed by atoms with van der Waals surface area (Å²) in [4.78, 5) is 21.4. The molecule has 11 heteroatoms. The van der Waals surface area contributed by atoms with Crippen molar-refractivity contribution >= 4 is 27.2 Å². The van der Waals surface area contributed by atoms with Crippen molar-refractivity contribution < 1.29 is 13.2 Å². The van der Waals surface area contributed by atoms with Crippen LogP contribution in [0, 0.1) is 6.92 Å². The maximum Gasteiger partial charge on any atom is 0.262 e. The van der Waals surface area contributed by atoms with Crippen molar-refractivity contribution in [2.24, 2.45) is 0 Å². The van der Waals surface area contributed by atoms with Gasteiger partial charge in [-0.25, -0.2) is 27.6 Å². The number of amides is 1. The molecule has 0 atom stereocenters. The van der Waals surface area contributed by atoms with Gasteiger partial charge in [0, 0.05) is 36.5 Å². The zero-order valence-corrected chi connectivity index (χ0v) is 19.1. The number of aryl methyl sites for hydroxylation is 1. The van der Waals surface area contributed by atoms with Gasteiger partial charge in [0.2, 0.25) is 0 Å². The minimum Gasteiger partial charge on any atom is -0.306 e. The summed E-state index contributed by atoms with van der Waals surface area (Å²) in [6.45, 7) is 1.98. The van der Waals surface area contributed by atoms with Crippen molar-refractivity contribution in [3.05, 3.63) is 84.4 Å². The van der Waals surface area contributed by atoms with E-state index in [9.17, 15) is 13.2 Å². The van der Waals surface area contributed by atoms with Gasteiger partial charge in [-0.3, -0.25) is 4.79 Å². The predicted octanol–water partition coefficient (Wildman–Crippen LogP) is 2.94. The largest absolute Gasteiger partial charge is 0.306 e. The Morgan fingerprint density at radius 2 is 1.82 bits per heavy atom. The van der Waals surface area contributed by atoms with Gasteiger partial charge in [0.1, 0.15) is 11.4 Å². The fourth-order valence-electron chi connectivity index (χ4n) is 3.42. The summed E-state index contributed by atoms with van der Waals surface area (Å²) >= 11 is 0. The molecule has 0 aliphatic heterocycles. The van der Waals surface area contributed by atoms with E-state index in [-0.39, 0.29) is 10.9 Å². The maximum atomic E-state index is 13.1. The van der Waals surface area contributed by atoms with Crippen LogP contribution in [-0.2, 0) is 9.84 Å². The molecule has 0 saturated carbocycles. The number of nitrogens with one attached hydrogen (secondary N) is 1. The van der Waals surface area contributed by atoms with E-state index < -0.39 is 9.84 Å². The molecule has 170 valence electrons. The minimum absolute atomic E-state index is 0.0247. The minimum atomic E-state index is -3.42. The fourth-order valence-corrected chi connectivity index (χ4v) is 3.98. The molecule has 4 heterocycles. The summed E-state index contributed by atoms with van der Waals surface area (Å²) in [6.07, 6.45) is 7.30. The third-order valence-electron chi connectivity index (χ3n) is 5.17. The van der Waals surface area contributed by atoms with Crippen LogP contribution in [0.2, 0.25) is 0 Å². The first-order chi connectivity index (χ1) is 16.3. The Kier molecular flexibility index (Phi) is 5.17. The van der Waals surface area contributed by atoms with Crippen molar-refractivity contribution in [1.82, 2.24) is 29.4 Å². The molecule has 10 nitrogen and oxygen atoms in total. The van der Waals surface area contributed by atoms with E-state index in [1.165, 1.54) is 23.0 Å². The van der Waals surface area contributed by atoms with Crippen LogP contribution in [-0.4, -0.2) is 49.9 Å². The van der Waals surface area contributed by atoms with Gasteiger partial charge in [0.25, 0.3) is 5.91 Å². The number of carbonyl (C=O) groups is 1. The van der Waals surface area contributed by atoms with Crippen molar-refractivity contribution in [3.63, 3.8) is 0 Å². The summed E-state index contributed by atoms with van der Waals surface area (Å²) in [5.74, 6) is 0.0328. The van der Waals surface area contributed by atoms with Gasteiger partial charge >= 0.3 is 0 Å². The Labute approximate surface area is 194 Å². The normalized spacial score (nSPS) is 11.6. The van der Waals surface area contributed by atoms with E-state index in [0.717, 1.165) is 17.5 Å². The zero-order chi connectivity index (χ0) is 23.9. The monoisotopic (exact) mass is 473 g/mol. The molecule has 0 saturated heterocycles. The molecule has 0 bridgehead atoms. The lowest BCUT2D eigenvalue weighted by atomic mass is 10.2. The number of pyridine rings is 1. The molecule has 0 aliphatic carbocycles. The number of rotatable bonds is 5. The number of benzene rings is 1. The van der Waals surface area contributed by atoms with Crippen LogP contribution >= 0.6 is 0 Å². The number of hydrogen-bond acceptors (Lipinski definition) is 7. The van der Waals surface area contributed by atoms with Crippen LogP contribution in [0.25, 0.3) is 22.6 Å². The molecule has 34 heavy (non-hydrogen) atoms. The highest BCUT2D eigenvalue weighted by Gasteiger charge is 2.19. The van der Waals surface area contributed by atoms with Gasteiger partial charge in [-0.05, 0) is 37.3 Å². The quantitative estimate of drug-likeness (QED) is 0.416. The first-order valence-corrected chi connectivity index (χ1v) is 12.1. The average Bonchev–Trinajstić information content (AvgIpc) is 3.44. The summed E-state index contributed by atoms with van der Waals surface area (Å²) in [5, 5.41) is 11.7. The highest BCUT2D eigenvalue weighted by molar-refractivity contribution is 7.90. The number of carbonyl (C=O) groups excluding carboxylic acids is 1. The van der Waals surface area contributed by atoms with Crippen LogP contribution in [0.15, 0.2) is 78.3 Å². The Morgan fingerprint density at radius 1 is 1.03 bits per heavy atom. The number of anilines is 1. The van der Waals surface area contributed by atoms with E-state index in [1.807, 2.05) is 31.2 Å². The second kappa shape index (κ2) is 8.19. The van der Waals surface area contributed by atoms with Crippen molar-refractivity contribution in [2.75, 3.05) is 11.6 Å². The standard InChI is InChI=1S/C23H19N7O3S/c1-15-4-7-17(8-5-15)30-20(27-23(31)18-14-26-29-11-3-10-24-22(18)29)12-19(28-30)16-6-9-21(25-13-16)34(2,32)33/h3-14H,1-2H3,(H,27,31). The molecule has 5 rings (SSSR count). The molecule has 0 spiro atoms. The molecule has 0 radical (unpaired) electrons. The number of nitrogens with zero attached hydrogens (tertiary/aromatic N) is 6. The van der Waals surface area contributed by atoms with Crippen molar-refractivity contribution in [2.45, 2.75) is 11.9 Å². The van der Waals surface area contributed by atoms with Gasteiger partial charge in [-0.15, -0.1) is 0 Å². The van der Waals surface area contributed by atoms with Crippen molar-refractivity contribution in [3.8, 4) is 16.9 Å². The van der Waals surface area contributed by atoms with Gasteiger partial charge in [0.05, 0.1) is 17.6 Å². The average molecular weight is 474 g/mol. The Bertz CT molecular complexity index is 1620. The highest BCUT2D eigenvalue weighted by Crippen LogP contribution is 2.26. The van der Waals surface area contributed by atoms with E-state index in [1.54, 1.807) is 35.3 Å². The fraction of sp³-hybridized carbons (Fsp3) is 0.0870. The van der Waals surface area contributed by atoms with Crippen LogP contribution in [0.4, 0.5) is 5.82 Å². The van der Waals surface area contributed by atoms with Gasteiger partial charge in [-0.2, -0.15) is 10.2 Å². The van der Waals surface area contributed by atoms with E-state index in [2.05, 4.69) is 25.5 Å². The van der Waals surface area contributed by atoms with E-state index in [4.69, 9.17) is 0 Å². The highest BCUT2D eigenvalue weighted by atomic mass is 32.2. The molecular formula is C23H19N7O3S. The molecule has 0 fully saturated rings. The predicted molar refractivity (Wildman–Crippen MR) is 126 cm³/mol. The van der Waals surface area contributed by atoms with Crippen LogP contribution < -0.4 is 5.32 Å². The third kappa shape index (κ3) is 4.04. The lowest BCUT2D eigenvalue weighted by Gasteiger charge is -2.08. The smallest absolute Gasteiger partial charge is 0.262 e. The molecule has 0 unspecified atom stereocenters. The first kappa shape index (κ1) is 21.5. The lowest BCUT2D eigenvalue weighted by Crippen LogP contribution is -2.15. The summed E-state index contributed by atoms with van der Waals surface area (Å²) in [5.41, 5.74) is 3.69. The SMILES string of the molecule is Cc1ccc(-n2nc(-c3ccc(S(C)(=O)=O)nc3)cc2NC(=O)c2cnn3cccnc23)cc1. The number of aromatic nitrogens is 6. The molecule has 1 aromatic carbocycles. The summed E-state index contributed by atoms with van der Waals surface area (Å²) in [6, 6.07) is 14.2. The third-order valence-corrected chi connectivity index (χ3v) is 6.17. The lowest BCUT2D eigenvalue weighted by molar-refractivity contribution is 0.102. The summed E-state index contributed by atoms with van der Waals surface area (Å²) < 4.78 is 26.6. The topological polar surface area (TPSA) is 124 Å². The zero-order valence-electron chi connectivity index (χ0n) is 18.2. The maximum absolute atomic E-state index is 13.1. The Hall–Kier alpha value is -4.38. The molecule has 5 aromatic rings. The van der Waals surface area contributed by atoms with Crippen LogP contribution in [0.1, 0.15) is 15.9 Å². The molecule has 0 aliphatic rings. The molecule has 4 aromatic heterocycles. The second-order valence-corrected chi connectivity index (χ2v) is 9.68. The van der Waals surface area contributed by atoms with Crippen molar-refractivity contribution in [1.29, 1.82) is 0 Å². The van der Waals surface area contributed by atoms with Gasteiger partial charge in [-0.1, -0.05) is 17.7 Å². The molecule has 1 amide bonds.